The van der Waals surface area contributed by atoms with E-state index in [0.717, 1.165) is 17.0 Å². The molecule has 6 nitrogen and oxygen atoms in total. The number of carboxylic acids is 1. The maximum atomic E-state index is 10.7. The van der Waals surface area contributed by atoms with Gasteiger partial charge in [-0.1, -0.05) is 27.7 Å². The first-order chi connectivity index (χ1) is 9.77. The van der Waals surface area contributed by atoms with Gasteiger partial charge in [-0.15, -0.1) is 0 Å². The Morgan fingerprint density at radius 1 is 1.48 bits per heavy atom. The van der Waals surface area contributed by atoms with E-state index in [4.69, 9.17) is 5.11 Å². The van der Waals surface area contributed by atoms with Gasteiger partial charge in [0.1, 0.15) is 5.52 Å². The van der Waals surface area contributed by atoms with Gasteiger partial charge in [0.2, 0.25) is 0 Å². The van der Waals surface area contributed by atoms with Crippen molar-refractivity contribution in [3.8, 4) is 0 Å². The van der Waals surface area contributed by atoms with Crippen molar-refractivity contribution in [1.82, 2.24) is 14.6 Å². The second kappa shape index (κ2) is 5.71. The number of rotatable bonds is 5. The summed E-state index contributed by atoms with van der Waals surface area (Å²) in [5.41, 5.74) is 1.88. The molecule has 0 radical (unpaired) electrons. The number of aliphatic carboxylic acids is 1. The highest BCUT2D eigenvalue weighted by atomic mass is 16.4. The van der Waals surface area contributed by atoms with Crippen LogP contribution in [0.3, 0.4) is 0 Å². The molecule has 1 unspecified atom stereocenters. The van der Waals surface area contributed by atoms with Crippen LogP contribution in [0.1, 0.15) is 39.8 Å². The summed E-state index contributed by atoms with van der Waals surface area (Å²) in [6.07, 6.45) is 3.65. The Hall–Kier alpha value is -2.11. The molecule has 0 aliphatic heterocycles. The normalized spacial score (nSPS) is 13.3. The molecule has 2 N–H and O–H groups in total. The number of nitrogens with one attached hydrogen (secondary N) is 1. The van der Waals surface area contributed by atoms with Crippen LogP contribution in [-0.2, 0) is 10.2 Å². The average Bonchev–Trinajstić information content (AvgIpc) is 2.79. The van der Waals surface area contributed by atoms with Crippen molar-refractivity contribution in [2.75, 3.05) is 11.9 Å². The SMILES string of the molecule is CC(CNc1nccn2nc(C(C)(C)C)cc12)CC(=O)O. The molecule has 0 spiro atoms. The van der Waals surface area contributed by atoms with Gasteiger partial charge in [-0.05, 0) is 12.0 Å². The van der Waals surface area contributed by atoms with E-state index in [1.165, 1.54) is 0 Å². The Kier molecular flexibility index (Phi) is 4.16. The molecular formula is C15H22N4O2. The van der Waals surface area contributed by atoms with Crippen LogP contribution in [0, 0.1) is 5.92 Å². The number of nitrogens with zero attached hydrogens (tertiary/aromatic N) is 3. The van der Waals surface area contributed by atoms with E-state index in [9.17, 15) is 4.79 Å². The molecule has 114 valence electrons. The first-order valence-electron chi connectivity index (χ1n) is 7.08. The Labute approximate surface area is 124 Å². The Bertz CT molecular complexity index is 643. The highest BCUT2D eigenvalue weighted by Gasteiger charge is 2.19. The van der Waals surface area contributed by atoms with Gasteiger partial charge >= 0.3 is 5.97 Å². The zero-order chi connectivity index (χ0) is 15.6. The van der Waals surface area contributed by atoms with Crippen LogP contribution >= 0.6 is 0 Å². The fourth-order valence-corrected chi connectivity index (χ4v) is 2.07. The smallest absolute Gasteiger partial charge is 0.303 e. The molecule has 0 saturated heterocycles. The molecule has 6 heteroatoms. The quantitative estimate of drug-likeness (QED) is 0.884. The predicted octanol–water partition coefficient (Wildman–Crippen LogP) is 2.55. The highest BCUT2D eigenvalue weighted by molar-refractivity contribution is 5.69. The van der Waals surface area contributed by atoms with Gasteiger partial charge in [0, 0.05) is 30.8 Å². The van der Waals surface area contributed by atoms with Crippen molar-refractivity contribution >= 4 is 17.3 Å². The van der Waals surface area contributed by atoms with Gasteiger partial charge in [0.25, 0.3) is 0 Å². The van der Waals surface area contributed by atoms with Gasteiger partial charge in [-0.3, -0.25) is 4.79 Å². The molecule has 2 aromatic rings. The maximum Gasteiger partial charge on any atom is 0.303 e. The number of carboxylic acid groups (broad SMARTS) is 1. The Morgan fingerprint density at radius 3 is 2.81 bits per heavy atom. The van der Waals surface area contributed by atoms with Gasteiger partial charge < -0.3 is 10.4 Å². The lowest BCUT2D eigenvalue weighted by Gasteiger charge is -2.13. The van der Waals surface area contributed by atoms with Crippen molar-refractivity contribution < 1.29 is 9.90 Å². The minimum Gasteiger partial charge on any atom is -0.481 e. The summed E-state index contributed by atoms with van der Waals surface area (Å²) < 4.78 is 1.80. The van der Waals surface area contributed by atoms with Crippen LogP contribution in [0.15, 0.2) is 18.5 Å². The number of hydrogen-bond donors (Lipinski definition) is 2. The van der Waals surface area contributed by atoms with E-state index in [1.54, 1.807) is 10.7 Å². The summed E-state index contributed by atoms with van der Waals surface area (Å²) in [5, 5.41) is 16.6. The van der Waals surface area contributed by atoms with Crippen LogP contribution in [0.4, 0.5) is 5.82 Å². The van der Waals surface area contributed by atoms with Crippen LogP contribution in [-0.4, -0.2) is 32.2 Å². The fourth-order valence-electron chi connectivity index (χ4n) is 2.07. The van der Waals surface area contributed by atoms with E-state index in [1.807, 2.05) is 19.2 Å². The molecule has 1 atom stereocenters. The second-order valence-electron chi connectivity index (χ2n) is 6.47. The summed E-state index contributed by atoms with van der Waals surface area (Å²) in [4.78, 5) is 15.0. The standard InChI is InChI=1S/C15H22N4O2/c1-10(7-13(20)21)9-17-14-11-8-12(15(2,3)4)18-19(11)6-5-16-14/h5-6,8,10H,7,9H2,1-4H3,(H,16,17)(H,20,21). The third-order valence-corrected chi connectivity index (χ3v) is 3.30. The monoisotopic (exact) mass is 290 g/mol. The van der Waals surface area contributed by atoms with Gasteiger partial charge in [-0.2, -0.15) is 5.10 Å². The lowest BCUT2D eigenvalue weighted by Crippen LogP contribution is -2.16. The van der Waals surface area contributed by atoms with Crippen LogP contribution in [0.5, 0.6) is 0 Å². The topological polar surface area (TPSA) is 79.5 Å². The Morgan fingerprint density at radius 2 is 2.19 bits per heavy atom. The second-order valence-corrected chi connectivity index (χ2v) is 6.47. The molecule has 0 bridgehead atoms. The number of carbonyl (C=O) groups is 1. The number of anilines is 1. The minimum absolute atomic E-state index is 0.0279. The first kappa shape index (κ1) is 15.3. The Balaban J connectivity index is 2.20. The molecule has 0 aliphatic carbocycles. The minimum atomic E-state index is -0.783. The molecule has 0 aliphatic rings. The van der Waals surface area contributed by atoms with Crippen molar-refractivity contribution in [3.63, 3.8) is 0 Å². The lowest BCUT2D eigenvalue weighted by molar-refractivity contribution is -0.137. The highest BCUT2D eigenvalue weighted by Crippen LogP contribution is 2.24. The molecule has 2 heterocycles. The summed E-state index contributed by atoms with van der Waals surface area (Å²) in [6.45, 7) is 8.81. The molecular weight excluding hydrogens is 268 g/mol. The van der Waals surface area contributed by atoms with Gasteiger partial charge in [0.05, 0.1) is 5.69 Å². The molecule has 21 heavy (non-hydrogen) atoms. The molecule has 0 fully saturated rings. The van der Waals surface area contributed by atoms with Gasteiger partial charge in [0.15, 0.2) is 5.82 Å². The number of fused-ring (bicyclic) bond motifs is 1. The molecule has 0 amide bonds. The largest absolute Gasteiger partial charge is 0.481 e. The maximum absolute atomic E-state index is 10.7. The van der Waals surface area contributed by atoms with Crippen LogP contribution in [0.2, 0.25) is 0 Å². The van der Waals surface area contributed by atoms with Crippen LogP contribution in [0.25, 0.3) is 5.52 Å². The molecule has 0 saturated carbocycles. The van der Waals surface area contributed by atoms with Crippen LogP contribution < -0.4 is 5.32 Å². The lowest BCUT2D eigenvalue weighted by atomic mass is 9.92. The average molecular weight is 290 g/mol. The number of hydrogen-bond acceptors (Lipinski definition) is 4. The molecule has 0 aromatic carbocycles. The zero-order valence-corrected chi connectivity index (χ0v) is 12.9. The van der Waals surface area contributed by atoms with Crippen molar-refractivity contribution in [1.29, 1.82) is 0 Å². The van der Waals surface area contributed by atoms with Crippen molar-refractivity contribution in [2.45, 2.75) is 39.5 Å². The van der Waals surface area contributed by atoms with E-state index in [-0.39, 0.29) is 17.8 Å². The van der Waals surface area contributed by atoms with E-state index in [2.05, 4.69) is 36.2 Å². The van der Waals surface area contributed by atoms with Crippen molar-refractivity contribution in [2.24, 2.45) is 5.92 Å². The molecule has 2 rings (SSSR count). The van der Waals surface area contributed by atoms with E-state index < -0.39 is 5.97 Å². The third kappa shape index (κ3) is 3.71. The van der Waals surface area contributed by atoms with Crippen molar-refractivity contribution in [3.05, 3.63) is 24.2 Å². The number of aromatic nitrogens is 3. The summed E-state index contributed by atoms with van der Waals surface area (Å²) >= 11 is 0. The third-order valence-electron chi connectivity index (χ3n) is 3.30. The fraction of sp³-hybridized carbons (Fsp3) is 0.533. The summed E-state index contributed by atoms with van der Waals surface area (Å²) in [7, 11) is 0. The predicted molar refractivity (Wildman–Crippen MR) is 81.6 cm³/mol. The summed E-state index contributed by atoms with van der Waals surface area (Å²) in [6, 6.07) is 2.02. The van der Waals surface area contributed by atoms with E-state index in [0.29, 0.717) is 6.54 Å². The zero-order valence-electron chi connectivity index (χ0n) is 12.9. The van der Waals surface area contributed by atoms with E-state index >= 15 is 0 Å². The molecule has 2 aromatic heterocycles. The summed E-state index contributed by atoms with van der Waals surface area (Å²) in [5.74, 6) is -0.0119. The first-order valence-corrected chi connectivity index (χ1v) is 7.08. The van der Waals surface area contributed by atoms with Gasteiger partial charge in [-0.25, -0.2) is 9.50 Å².